The average molecular weight is 268 g/mol. The minimum absolute atomic E-state index is 0.0541. The Morgan fingerprint density at radius 3 is 2.74 bits per heavy atom. The first-order chi connectivity index (χ1) is 9.15. The first-order valence-electron chi connectivity index (χ1n) is 7.85. The highest BCUT2D eigenvalue weighted by Gasteiger charge is 2.39. The molecule has 1 aliphatic carbocycles. The van der Waals surface area contributed by atoms with Crippen molar-refractivity contribution in [1.82, 2.24) is 10.2 Å². The Kier molecular flexibility index (Phi) is 5.08. The summed E-state index contributed by atoms with van der Waals surface area (Å²) in [6.07, 6.45) is 9.89. The molecule has 2 fully saturated rings. The Labute approximate surface area is 116 Å². The predicted molar refractivity (Wildman–Crippen MR) is 76.1 cm³/mol. The zero-order valence-corrected chi connectivity index (χ0v) is 12.2. The van der Waals surface area contributed by atoms with E-state index in [0.29, 0.717) is 6.04 Å². The van der Waals surface area contributed by atoms with Crippen LogP contribution in [-0.2, 0) is 0 Å². The highest BCUT2D eigenvalue weighted by atomic mass is 16.3. The van der Waals surface area contributed by atoms with Crippen LogP contribution in [-0.4, -0.2) is 40.8 Å². The van der Waals surface area contributed by atoms with E-state index in [1.54, 1.807) is 0 Å². The minimum atomic E-state index is -0.0541. The number of likely N-dealkylation sites (tertiary alicyclic amines) is 1. The summed E-state index contributed by atoms with van der Waals surface area (Å²) in [6, 6.07) is 0.494. The molecular formula is C15H28N2O2. The van der Waals surface area contributed by atoms with Crippen LogP contribution in [0, 0.1) is 0 Å². The van der Waals surface area contributed by atoms with E-state index in [2.05, 4.69) is 12.2 Å². The number of nitrogens with one attached hydrogen (secondary N) is 1. The molecule has 2 aliphatic rings. The number of nitrogens with zero attached hydrogens (tertiary/aromatic N) is 1. The molecule has 0 radical (unpaired) electrons. The molecule has 0 aromatic heterocycles. The zero-order valence-electron chi connectivity index (χ0n) is 12.2. The van der Waals surface area contributed by atoms with E-state index in [4.69, 9.17) is 5.11 Å². The predicted octanol–water partition coefficient (Wildman–Crippen LogP) is 2.66. The van der Waals surface area contributed by atoms with E-state index in [-0.39, 0.29) is 18.2 Å². The average Bonchev–Trinajstić information content (AvgIpc) is 2.80. The molecule has 0 aromatic carbocycles. The molecule has 0 spiro atoms. The lowest BCUT2D eigenvalue weighted by molar-refractivity contribution is 0.136. The van der Waals surface area contributed by atoms with Crippen molar-refractivity contribution in [2.45, 2.75) is 76.3 Å². The lowest BCUT2D eigenvalue weighted by Gasteiger charge is -2.37. The molecule has 1 saturated carbocycles. The maximum Gasteiger partial charge on any atom is 0.318 e. The number of urea groups is 1. The molecule has 0 aromatic rings. The van der Waals surface area contributed by atoms with Gasteiger partial charge in [-0.15, -0.1) is 0 Å². The maximum atomic E-state index is 12.4. The second kappa shape index (κ2) is 6.60. The van der Waals surface area contributed by atoms with E-state index in [1.807, 2.05) is 4.90 Å². The molecule has 4 heteroatoms. The third-order valence-corrected chi connectivity index (χ3v) is 4.80. The number of carbonyl (C=O) groups is 1. The lowest BCUT2D eigenvalue weighted by Crippen LogP contribution is -2.52. The number of hydrogen-bond acceptors (Lipinski definition) is 2. The quantitative estimate of drug-likeness (QED) is 0.823. The van der Waals surface area contributed by atoms with Crippen molar-refractivity contribution < 1.29 is 9.90 Å². The van der Waals surface area contributed by atoms with Gasteiger partial charge >= 0.3 is 6.03 Å². The Balaban J connectivity index is 1.89. The van der Waals surface area contributed by atoms with Crippen LogP contribution in [0.3, 0.4) is 0 Å². The molecule has 2 N–H and O–H groups in total. The normalized spacial score (nSPS) is 28.6. The largest absolute Gasteiger partial charge is 0.396 e. The van der Waals surface area contributed by atoms with Crippen LogP contribution in [0.25, 0.3) is 0 Å². The number of aliphatic hydroxyl groups is 1. The van der Waals surface area contributed by atoms with Crippen LogP contribution in [0.5, 0.6) is 0 Å². The Bertz CT molecular complexity index is 303. The molecule has 1 unspecified atom stereocenters. The smallest absolute Gasteiger partial charge is 0.318 e. The number of amides is 2. The molecule has 0 bridgehead atoms. The molecule has 1 saturated heterocycles. The standard InChI is InChI=1S/C15H28N2O2/c1-15(10-6-12-18)9-5-11-17(15)14(19)16-13-7-3-2-4-8-13/h13,18H,2-12H2,1H3,(H,16,19). The topological polar surface area (TPSA) is 52.6 Å². The summed E-state index contributed by atoms with van der Waals surface area (Å²) in [5.41, 5.74) is -0.0541. The van der Waals surface area contributed by atoms with Crippen LogP contribution in [0.15, 0.2) is 0 Å². The van der Waals surface area contributed by atoms with Gasteiger partial charge < -0.3 is 15.3 Å². The van der Waals surface area contributed by atoms with Crippen molar-refractivity contribution in [2.75, 3.05) is 13.2 Å². The Morgan fingerprint density at radius 2 is 2.05 bits per heavy atom. The van der Waals surface area contributed by atoms with E-state index in [0.717, 1.165) is 45.1 Å². The van der Waals surface area contributed by atoms with Gasteiger partial charge in [0.25, 0.3) is 0 Å². The van der Waals surface area contributed by atoms with Gasteiger partial charge in [0.2, 0.25) is 0 Å². The summed E-state index contributed by atoms with van der Waals surface area (Å²) in [5.74, 6) is 0. The number of carbonyl (C=O) groups excluding carboxylic acids is 1. The van der Waals surface area contributed by atoms with Gasteiger partial charge in [0.15, 0.2) is 0 Å². The van der Waals surface area contributed by atoms with Gasteiger partial charge in [-0.05, 0) is 45.4 Å². The molecule has 19 heavy (non-hydrogen) atoms. The van der Waals surface area contributed by atoms with Gasteiger partial charge in [0.1, 0.15) is 0 Å². The number of hydrogen-bond donors (Lipinski definition) is 2. The molecule has 1 atom stereocenters. The van der Waals surface area contributed by atoms with E-state index < -0.39 is 0 Å². The molecule has 2 amide bonds. The third kappa shape index (κ3) is 3.62. The molecule has 4 nitrogen and oxygen atoms in total. The van der Waals surface area contributed by atoms with Crippen molar-refractivity contribution in [2.24, 2.45) is 0 Å². The molecule has 1 aliphatic heterocycles. The number of rotatable bonds is 4. The summed E-state index contributed by atoms with van der Waals surface area (Å²) < 4.78 is 0. The Hall–Kier alpha value is -0.770. The SMILES string of the molecule is CC1(CCCO)CCCN1C(=O)NC1CCCCC1. The van der Waals surface area contributed by atoms with Gasteiger partial charge in [-0.3, -0.25) is 0 Å². The maximum absolute atomic E-state index is 12.4. The van der Waals surface area contributed by atoms with Gasteiger partial charge in [0, 0.05) is 24.7 Å². The van der Waals surface area contributed by atoms with Crippen molar-refractivity contribution >= 4 is 6.03 Å². The van der Waals surface area contributed by atoms with Crippen LogP contribution < -0.4 is 5.32 Å². The number of aliphatic hydroxyl groups excluding tert-OH is 1. The first-order valence-corrected chi connectivity index (χ1v) is 7.85. The summed E-state index contributed by atoms with van der Waals surface area (Å²) >= 11 is 0. The second-order valence-corrected chi connectivity index (χ2v) is 6.36. The van der Waals surface area contributed by atoms with Gasteiger partial charge in [0.05, 0.1) is 0 Å². The van der Waals surface area contributed by atoms with Crippen LogP contribution in [0.4, 0.5) is 4.79 Å². The van der Waals surface area contributed by atoms with Gasteiger partial charge in [-0.1, -0.05) is 19.3 Å². The molecular weight excluding hydrogens is 240 g/mol. The van der Waals surface area contributed by atoms with Crippen molar-refractivity contribution in [3.05, 3.63) is 0 Å². The highest BCUT2D eigenvalue weighted by Crippen LogP contribution is 2.33. The second-order valence-electron chi connectivity index (χ2n) is 6.36. The fraction of sp³-hybridized carbons (Fsp3) is 0.933. The van der Waals surface area contributed by atoms with E-state index >= 15 is 0 Å². The molecule has 1 heterocycles. The monoisotopic (exact) mass is 268 g/mol. The van der Waals surface area contributed by atoms with Crippen molar-refractivity contribution in [3.8, 4) is 0 Å². The summed E-state index contributed by atoms with van der Waals surface area (Å²) in [6.45, 7) is 3.24. The van der Waals surface area contributed by atoms with E-state index in [9.17, 15) is 4.79 Å². The fourth-order valence-electron chi connectivity index (χ4n) is 3.59. The fourth-order valence-corrected chi connectivity index (χ4v) is 3.59. The van der Waals surface area contributed by atoms with Crippen LogP contribution in [0.1, 0.15) is 64.7 Å². The summed E-state index contributed by atoms with van der Waals surface area (Å²) in [4.78, 5) is 14.5. The zero-order chi connectivity index (χ0) is 13.7. The van der Waals surface area contributed by atoms with Gasteiger partial charge in [-0.25, -0.2) is 4.79 Å². The van der Waals surface area contributed by atoms with Crippen molar-refractivity contribution in [3.63, 3.8) is 0 Å². The van der Waals surface area contributed by atoms with Crippen LogP contribution in [0.2, 0.25) is 0 Å². The third-order valence-electron chi connectivity index (χ3n) is 4.80. The van der Waals surface area contributed by atoms with Crippen molar-refractivity contribution in [1.29, 1.82) is 0 Å². The van der Waals surface area contributed by atoms with Gasteiger partial charge in [-0.2, -0.15) is 0 Å². The van der Waals surface area contributed by atoms with E-state index in [1.165, 1.54) is 19.3 Å². The molecule has 110 valence electrons. The Morgan fingerprint density at radius 1 is 1.32 bits per heavy atom. The highest BCUT2D eigenvalue weighted by molar-refractivity contribution is 5.75. The summed E-state index contributed by atoms with van der Waals surface area (Å²) in [5, 5.41) is 12.2. The first kappa shape index (κ1) is 14.6. The van der Waals surface area contributed by atoms with Crippen LogP contribution >= 0.6 is 0 Å². The lowest BCUT2D eigenvalue weighted by atomic mass is 9.93. The minimum Gasteiger partial charge on any atom is -0.396 e. The molecule has 2 rings (SSSR count). The summed E-state index contributed by atoms with van der Waals surface area (Å²) in [7, 11) is 0.